The first-order valence-corrected chi connectivity index (χ1v) is 8.70. The lowest BCUT2D eigenvalue weighted by atomic mass is 9.67. The molecule has 0 atom stereocenters. The maximum Gasteiger partial charge on any atom is 0.119 e. The monoisotopic (exact) mass is 289 g/mol. The molecule has 1 fully saturated rings. The van der Waals surface area contributed by atoms with Gasteiger partial charge in [-0.25, -0.2) is 0 Å². The van der Waals surface area contributed by atoms with Gasteiger partial charge in [0, 0.05) is 13.1 Å². The standard InChI is InChI=1S/C19H31NO/c1-3-5-6-14-21-18-10-8-17(9-11-18)15-20-16-19(4-2)12-7-13-19/h8-11,20H,3-7,12-16H2,1-2H3. The van der Waals surface area contributed by atoms with Crippen molar-refractivity contribution in [3.63, 3.8) is 0 Å². The first kappa shape index (κ1) is 16.4. The van der Waals surface area contributed by atoms with Crippen LogP contribution in [-0.4, -0.2) is 13.2 Å². The summed E-state index contributed by atoms with van der Waals surface area (Å²) in [5.41, 5.74) is 1.95. The summed E-state index contributed by atoms with van der Waals surface area (Å²) < 4.78 is 5.75. The first-order chi connectivity index (χ1) is 10.3. The predicted octanol–water partition coefficient (Wildman–Crippen LogP) is 4.93. The summed E-state index contributed by atoms with van der Waals surface area (Å²) in [6.07, 6.45) is 9.18. The zero-order valence-corrected chi connectivity index (χ0v) is 13.8. The summed E-state index contributed by atoms with van der Waals surface area (Å²) in [5, 5.41) is 3.63. The van der Waals surface area contributed by atoms with E-state index in [1.165, 1.54) is 50.6 Å². The molecule has 1 N–H and O–H groups in total. The number of unbranched alkanes of at least 4 members (excludes halogenated alkanes) is 2. The van der Waals surface area contributed by atoms with Crippen molar-refractivity contribution in [1.82, 2.24) is 5.32 Å². The zero-order chi connectivity index (χ0) is 15.0. The van der Waals surface area contributed by atoms with E-state index in [4.69, 9.17) is 4.74 Å². The van der Waals surface area contributed by atoms with E-state index >= 15 is 0 Å². The molecule has 0 bridgehead atoms. The number of hydrogen-bond acceptors (Lipinski definition) is 2. The van der Waals surface area contributed by atoms with Gasteiger partial charge >= 0.3 is 0 Å². The van der Waals surface area contributed by atoms with Crippen molar-refractivity contribution in [2.75, 3.05) is 13.2 Å². The van der Waals surface area contributed by atoms with Crippen LogP contribution < -0.4 is 10.1 Å². The molecule has 0 aliphatic heterocycles. The fourth-order valence-corrected chi connectivity index (χ4v) is 3.05. The molecule has 118 valence electrons. The molecule has 0 heterocycles. The van der Waals surface area contributed by atoms with Gasteiger partial charge in [-0.15, -0.1) is 0 Å². The second-order valence-corrected chi connectivity index (χ2v) is 6.51. The van der Waals surface area contributed by atoms with E-state index in [0.29, 0.717) is 5.41 Å². The summed E-state index contributed by atoms with van der Waals surface area (Å²) >= 11 is 0. The van der Waals surface area contributed by atoms with Crippen molar-refractivity contribution in [3.05, 3.63) is 29.8 Å². The Bertz CT molecular complexity index is 389. The average Bonchev–Trinajstić information content (AvgIpc) is 2.48. The van der Waals surface area contributed by atoms with Crippen LogP contribution >= 0.6 is 0 Å². The van der Waals surface area contributed by atoms with Crippen LogP contribution in [-0.2, 0) is 6.54 Å². The Hall–Kier alpha value is -1.02. The van der Waals surface area contributed by atoms with E-state index in [2.05, 4.69) is 43.4 Å². The first-order valence-electron chi connectivity index (χ1n) is 8.70. The molecule has 2 heteroatoms. The normalized spacial score (nSPS) is 16.5. The topological polar surface area (TPSA) is 21.3 Å². The van der Waals surface area contributed by atoms with Gasteiger partial charge in [-0.2, -0.15) is 0 Å². The number of nitrogens with one attached hydrogen (secondary N) is 1. The summed E-state index contributed by atoms with van der Waals surface area (Å²) in [7, 11) is 0. The molecule has 0 spiro atoms. The predicted molar refractivity (Wildman–Crippen MR) is 89.7 cm³/mol. The molecule has 0 amide bonds. The summed E-state index contributed by atoms with van der Waals surface area (Å²) in [5.74, 6) is 0.999. The minimum absolute atomic E-state index is 0.600. The third-order valence-corrected chi connectivity index (χ3v) is 4.93. The highest BCUT2D eigenvalue weighted by atomic mass is 16.5. The molecule has 2 nitrogen and oxygen atoms in total. The molecule has 0 radical (unpaired) electrons. The van der Waals surface area contributed by atoms with Crippen molar-refractivity contribution in [2.24, 2.45) is 5.41 Å². The van der Waals surface area contributed by atoms with Crippen molar-refractivity contribution in [2.45, 2.75) is 65.3 Å². The van der Waals surface area contributed by atoms with Crippen molar-refractivity contribution in [3.8, 4) is 5.75 Å². The second-order valence-electron chi connectivity index (χ2n) is 6.51. The van der Waals surface area contributed by atoms with E-state index in [-0.39, 0.29) is 0 Å². The zero-order valence-electron chi connectivity index (χ0n) is 13.8. The Morgan fingerprint density at radius 1 is 1.10 bits per heavy atom. The fraction of sp³-hybridized carbons (Fsp3) is 0.684. The highest BCUT2D eigenvalue weighted by Crippen LogP contribution is 2.43. The van der Waals surface area contributed by atoms with Crippen LogP contribution in [0.4, 0.5) is 0 Å². The average molecular weight is 289 g/mol. The number of hydrogen-bond donors (Lipinski definition) is 1. The maximum absolute atomic E-state index is 5.75. The Kier molecular flexibility index (Phi) is 6.56. The summed E-state index contributed by atoms with van der Waals surface area (Å²) in [4.78, 5) is 0. The summed E-state index contributed by atoms with van der Waals surface area (Å²) in [6, 6.07) is 8.56. The minimum Gasteiger partial charge on any atom is -0.494 e. The van der Waals surface area contributed by atoms with Gasteiger partial charge in [0.05, 0.1) is 6.61 Å². The molecule has 1 aromatic rings. The van der Waals surface area contributed by atoms with Gasteiger partial charge in [0.1, 0.15) is 5.75 Å². The Balaban J connectivity index is 1.67. The largest absolute Gasteiger partial charge is 0.494 e. The Morgan fingerprint density at radius 2 is 1.86 bits per heavy atom. The van der Waals surface area contributed by atoms with E-state index in [0.717, 1.165) is 25.3 Å². The van der Waals surface area contributed by atoms with Gasteiger partial charge in [0.15, 0.2) is 0 Å². The third-order valence-electron chi connectivity index (χ3n) is 4.93. The number of ether oxygens (including phenoxy) is 1. The molecular weight excluding hydrogens is 258 g/mol. The van der Waals surface area contributed by atoms with Gasteiger partial charge in [-0.1, -0.05) is 45.2 Å². The highest BCUT2D eigenvalue weighted by Gasteiger charge is 2.34. The fourth-order valence-electron chi connectivity index (χ4n) is 3.05. The molecule has 2 rings (SSSR count). The molecule has 0 saturated heterocycles. The van der Waals surface area contributed by atoms with Gasteiger partial charge in [0.2, 0.25) is 0 Å². The molecule has 1 aliphatic rings. The quantitative estimate of drug-likeness (QED) is 0.617. The van der Waals surface area contributed by atoms with Gasteiger partial charge in [-0.05, 0) is 48.8 Å². The smallest absolute Gasteiger partial charge is 0.119 e. The van der Waals surface area contributed by atoms with Crippen LogP contribution in [0.15, 0.2) is 24.3 Å². The summed E-state index contributed by atoms with van der Waals surface area (Å²) in [6.45, 7) is 7.51. The van der Waals surface area contributed by atoms with Crippen LogP contribution in [0.25, 0.3) is 0 Å². The van der Waals surface area contributed by atoms with Crippen molar-refractivity contribution >= 4 is 0 Å². The third kappa shape index (κ3) is 5.03. The van der Waals surface area contributed by atoms with Gasteiger partial charge in [0.25, 0.3) is 0 Å². The lowest BCUT2D eigenvalue weighted by molar-refractivity contribution is 0.124. The molecule has 1 saturated carbocycles. The Morgan fingerprint density at radius 3 is 2.43 bits per heavy atom. The molecule has 1 aliphatic carbocycles. The molecule has 21 heavy (non-hydrogen) atoms. The lowest BCUT2D eigenvalue weighted by Crippen LogP contribution is -2.39. The Labute approximate surface area is 130 Å². The van der Waals surface area contributed by atoms with E-state index in [1.54, 1.807) is 0 Å². The lowest BCUT2D eigenvalue weighted by Gasteiger charge is -2.41. The second kappa shape index (κ2) is 8.43. The maximum atomic E-state index is 5.75. The molecule has 0 aromatic heterocycles. The van der Waals surface area contributed by atoms with Crippen molar-refractivity contribution in [1.29, 1.82) is 0 Å². The van der Waals surface area contributed by atoms with Crippen LogP contribution in [0, 0.1) is 5.41 Å². The van der Waals surface area contributed by atoms with Crippen LogP contribution in [0.1, 0.15) is 64.4 Å². The minimum atomic E-state index is 0.600. The van der Waals surface area contributed by atoms with Gasteiger partial charge < -0.3 is 10.1 Å². The number of benzene rings is 1. The van der Waals surface area contributed by atoms with Gasteiger partial charge in [-0.3, -0.25) is 0 Å². The SMILES string of the molecule is CCCCCOc1ccc(CNCC2(CC)CCC2)cc1. The molecule has 0 unspecified atom stereocenters. The molecule has 1 aromatic carbocycles. The van der Waals surface area contributed by atoms with Crippen molar-refractivity contribution < 1.29 is 4.74 Å². The van der Waals surface area contributed by atoms with E-state index in [9.17, 15) is 0 Å². The van der Waals surface area contributed by atoms with E-state index < -0.39 is 0 Å². The molecular formula is C19H31NO. The van der Waals surface area contributed by atoms with Crippen LogP contribution in [0.3, 0.4) is 0 Å². The van der Waals surface area contributed by atoms with Crippen LogP contribution in [0.2, 0.25) is 0 Å². The van der Waals surface area contributed by atoms with Crippen LogP contribution in [0.5, 0.6) is 5.75 Å². The number of rotatable bonds is 10. The highest BCUT2D eigenvalue weighted by molar-refractivity contribution is 5.27. The van der Waals surface area contributed by atoms with E-state index in [1.807, 2.05) is 0 Å².